The average Bonchev–Trinajstić information content (AvgIpc) is 3.24. The summed E-state index contributed by atoms with van der Waals surface area (Å²) in [6.45, 7) is 8.39. The molecule has 0 fully saturated rings. The van der Waals surface area contributed by atoms with E-state index in [1.54, 1.807) is 11.1 Å². The lowest BCUT2D eigenvalue weighted by atomic mass is 10.2. The first-order valence-corrected chi connectivity index (χ1v) is 13.1. The quantitative estimate of drug-likeness (QED) is 0.153. The Morgan fingerprint density at radius 1 is 1.03 bits per heavy atom. The fourth-order valence-corrected chi connectivity index (χ4v) is 4.30. The molecule has 0 bridgehead atoms. The number of ether oxygens (including phenoxy) is 1. The third-order valence-corrected chi connectivity index (χ3v) is 6.35. The summed E-state index contributed by atoms with van der Waals surface area (Å²) in [6.07, 6.45) is 6.39. The second kappa shape index (κ2) is 12.8. The topological polar surface area (TPSA) is 97.5 Å². The number of nitrogens with one attached hydrogen (secondary N) is 1. The Morgan fingerprint density at radius 3 is 2.57 bits per heavy atom. The number of carbonyl (C=O) groups excluding carboxylic acids is 1. The van der Waals surface area contributed by atoms with Crippen LogP contribution in [-0.2, 0) is 11.3 Å². The average molecular weight is 502 g/mol. The van der Waals surface area contributed by atoms with E-state index in [1.807, 2.05) is 50.2 Å². The molecule has 0 unspecified atom stereocenters. The fourth-order valence-electron chi connectivity index (χ4n) is 4.30. The number of likely N-dealkylation sites (N-methyl/N-ethyl adjacent to an activating group) is 1. The SMILES string of the molecule is CCCCCCn1c2ccccc2c2nnc(N/N=C/c3ccc(OCC(=O)N(CC)CC)cc3)nc21. The molecule has 0 spiro atoms. The van der Waals surface area contributed by atoms with Crippen molar-refractivity contribution < 1.29 is 9.53 Å². The standard InChI is InChI=1S/C28H35N7O2/c1-4-7-8-11-18-35-24-13-10-9-12-23(24)26-27(35)30-28(33-31-26)32-29-19-21-14-16-22(17-15-21)37-20-25(36)34(5-2)6-3/h9-10,12-17,19H,4-8,11,18,20H2,1-3H3,(H,30,32,33)/b29-19+. The number of anilines is 1. The molecule has 0 atom stereocenters. The van der Waals surface area contributed by atoms with Crippen LogP contribution >= 0.6 is 0 Å². The number of hydrazone groups is 1. The molecule has 0 aliphatic rings. The number of amides is 1. The Balaban J connectivity index is 1.42. The highest BCUT2D eigenvalue weighted by atomic mass is 16.5. The van der Waals surface area contributed by atoms with Gasteiger partial charge in [0.15, 0.2) is 12.3 Å². The summed E-state index contributed by atoms with van der Waals surface area (Å²) >= 11 is 0. The second-order valence-corrected chi connectivity index (χ2v) is 8.83. The summed E-state index contributed by atoms with van der Waals surface area (Å²) in [5, 5.41) is 14.0. The summed E-state index contributed by atoms with van der Waals surface area (Å²) in [4.78, 5) is 18.6. The number of aryl methyl sites for hydroxylation is 1. The number of aromatic nitrogens is 4. The number of para-hydroxylation sites is 1. The van der Waals surface area contributed by atoms with Gasteiger partial charge in [0, 0.05) is 25.0 Å². The van der Waals surface area contributed by atoms with Crippen molar-refractivity contribution in [3.05, 3.63) is 54.1 Å². The van der Waals surface area contributed by atoms with Gasteiger partial charge in [-0.2, -0.15) is 10.1 Å². The minimum absolute atomic E-state index is 0.0228. The maximum Gasteiger partial charge on any atom is 0.265 e. The fraction of sp³-hybridized carbons (Fsp3) is 0.393. The van der Waals surface area contributed by atoms with Crippen molar-refractivity contribution in [3.8, 4) is 5.75 Å². The van der Waals surface area contributed by atoms with Gasteiger partial charge in [-0.05, 0) is 56.2 Å². The molecule has 2 heterocycles. The minimum Gasteiger partial charge on any atom is -0.484 e. The highest BCUT2D eigenvalue weighted by Gasteiger charge is 2.14. The number of fused-ring (bicyclic) bond motifs is 3. The summed E-state index contributed by atoms with van der Waals surface area (Å²) in [7, 11) is 0. The van der Waals surface area contributed by atoms with Crippen LogP contribution in [0.3, 0.4) is 0 Å². The molecule has 0 saturated heterocycles. The van der Waals surface area contributed by atoms with Crippen molar-refractivity contribution in [2.75, 3.05) is 25.1 Å². The van der Waals surface area contributed by atoms with Gasteiger partial charge in [-0.15, -0.1) is 10.2 Å². The number of rotatable bonds is 13. The molecule has 2 aromatic heterocycles. The first kappa shape index (κ1) is 26.1. The zero-order valence-corrected chi connectivity index (χ0v) is 21.9. The van der Waals surface area contributed by atoms with Gasteiger partial charge in [0.25, 0.3) is 11.9 Å². The molecule has 1 amide bonds. The zero-order valence-electron chi connectivity index (χ0n) is 21.9. The predicted molar refractivity (Wildman–Crippen MR) is 148 cm³/mol. The largest absolute Gasteiger partial charge is 0.484 e. The molecule has 4 aromatic rings. The first-order valence-electron chi connectivity index (χ1n) is 13.1. The van der Waals surface area contributed by atoms with Gasteiger partial charge in [0.1, 0.15) is 11.3 Å². The van der Waals surface area contributed by atoms with E-state index in [0.29, 0.717) is 24.8 Å². The van der Waals surface area contributed by atoms with E-state index in [2.05, 4.69) is 44.3 Å². The van der Waals surface area contributed by atoms with Crippen molar-refractivity contribution in [1.82, 2.24) is 24.6 Å². The molecular formula is C28H35N7O2. The number of nitrogens with zero attached hydrogens (tertiary/aromatic N) is 6. The molecule has 1 N–H and O–H groups in total. The first-order chi connectivity index (χ1) is 18.1. The van der Waals surface area contributed by atoms with Crippen molar-refractivity contribution >= 4 is 40.1 Å². The Bertz CT molecular complexity index is 1340. The molecule has 0 aliphatic carbocycles. The third-order valence-electron chi connectivity index (χ3n) is 6.35. The molecule has 0 radical (unpaired) electrons. The Kier molecular flexibility index (Phi) is 9.02. The van der Waals surface area contributed by atoms with E-state index >= 15 is 0 Å². The van der Waals surface area contributed by atoms with Crippen LogP contribution in [0.1, 0.15) is 52.0 Å². The summed E-state index contributed by atoms with van der Waals surface area (Å²) in [5.41, 5.74) is 6.51. The van der Waals surface area contributed by atoms with Crippen molar-refractivity contribution in [3.63, 3.8) is 0 Å². The van der Waals surface area contributed by atoms with Gasteiger partial charge in [0.2, 0.25) is 0 Å². The smallest absolute Gasteiger partial charge is 0.265 e. The van der Waals surface area contributed by atoms with Gasteiger partial charge in [-0.3, -0.25) is 4.79 Å². The Labute approximate surface area is 217 Å². The van der Waals surface area contributed by atoms with Crippen LogP contribution < -0.4 is 10.2 Å². The Morgan fingerprint density at radius 2 is 1.81 bits per heavy atom. The van der Waals surface area contributed by atoms with Crippen LogP contribution in [0.15, 0.2) is 53.6 Å². The van der Waals surface area contributed by atoms with Gasteiger partial charge >= 0.3 is 0 Å². The van der Waals surface area contributed by atoms with E-state index in [4.69, 9.17) is 9.72 Å². The van der Waals surface area contributed by atoms with Crippen LogP contribution in [0.2, 0.25) is 0 Å². The zero-order chi connectivity index (χ0) is 26.0. The van der Waals surface area contributed by atoms with E-state index in [0.717, 1.165) is 40.6 Å². The summed E-state index contributed by atoms with van der Waals surface area (Å²) in [5.74, 6) is 0.956. The van der Waals surface area contributed by atoms with Crippen LogP contribution in [0.4, 0.5) is 5.95 Å². The van der Waals surface area contributed by atoms with Gasteiger partial charge in [0.05, 0.1) is 11.7 Å². The summed E-state index contributed by atoms with van der Waals surface area (Å²) < 4.78 is 7.85. The highest BCUT2D eigenvalue weighted by Crippen LogP contribution is 2.27. The van der Waals surface area contributed by atoms with E-state index < -0.39 is 0 Å². The van der Waals surface area contributed by atoms with Crippen LogP contribution in [0.5, 0.6) is 5.75 Å². The molecule has 9 nitrogen and oxygen atoms in total. The predicted octanol–water partition coefficient (Wildman–Crippen LogP) is 5.25. The molecule has 0 saturated carbocycles. The Hall–Kier alpha value is -4.01. The minimum atomic E-state index is -0.0228. The van der Waals surface area contributed by atoms with Crippen LogP contribution in [-0.4, -0.2) is 56.5 Å². The van der Waals surface area contributed by atoms with Gasteiger partial charge in [-0.1, -0.05) is 44.4 Å². The molecule has 37 heavy (non-hydrogen) atoms. The van der Waals surface area contributed by atoms with Crippen LogP contribution in [0, 0.1) is 0 Å². The maximum absolute atomic E-state index is 12.1. The lowest BCUT2D eigenvalue weighted by Gasteiger charge is -2.18. The normalized spacial score (nSPS) is 11.4. The molecule has 9 heteroatoms. The second-order valence-electron chi connectivity index (χ2n) is 8.83. The number of hydrogen-bond donors (Lipinski definition) is 1. The maximum atomic E-state index is 12.1. The monoisotopic (exact) mass is 501 g/mol. The molecule has 0 aliphatic heterocycles. The number of carbonyl (C=O) groups is 1. The number of unbranched alkanes of at least 4 members (excludes halogenated alkanes) is 3. The van der Waals surface area contributed by atoms with Crippen molar-refractivity contribution in [1.29, 1.82) is 0 Å². The van der Waals surface area contributed by atoms with E-state index in [-0.39, 0.29) is 12.5 Å². The van der Waals surface area contributed by atoms with Crippen molar-refractivity contribution in [2.24, 2.45) is 5.10 Å². The van der Waals surface area contributed by atoms with E-state index in [1.165, 1.54) is 19.3 Å². The molecule has 194 valence electrons. The summed E-state index contributed by atoms with van der Waals surface area (Å²) in [6, 6.07) is 15.6. The number of benzene rings is 2. The lowest BCUT2D eigenvalue weighted by Crippen LogP contribution is -2.34. The third kappa shape index (κ3) is 6.41. The highest BCUT2D eigenvalue weighted by molar-refractivity contribution is 6.04. The van der Waals surface area contributed by atoms with Gasteiger partial charge in [-0.25, -0.2) is 5.43 Å². The van der Waals surface area contributed by atoms with E-state index in [9.17, 15) is 4.79 Å². The van der Waals surface area contributed by atoms with Crippen LogP contribution in [0.25, 0.3) is 22.1 Å². The molecule has 4 rings (SSSR count). The number of hydrogen-bond acceptors (Lipinski definition) is 7. The van der Waals surface area contributed by atoms with Crippen molar-refractivity contribution in [2.45, 2.75) is 53.0 Å². The molecule has 2 aromatic carbocycles. The van der Waals surface area contributed by atoms with Gasteiger partial charge < -0.3 is 14.2 Å². The lowest BCUT2D eigenvalue weighted by molar-refractivity contribution is -0.132. The molecular weight excluding hydrogens is 466 g/mol.